The van der Waals surface area contributed by atoms with Crippen LogP contribution in [0.5, 0.6) is 0 Å². The van der Waals surface area contributed by atoms with Gasteiger partial charge in [-0.1, -0.05) is 18.2 Å². The molecule has 1 aromatic heterocycles. The number of benzene rings is 1. The van der Waals surface area contributed by atoms with Crippen molar-refractivity contribution in [3.05, 3.63) is 52.2 Å². The van der Waals surface area contributed by atoms with Crippen molar-refractivity contribution in [2.75, 3.05) is 18.4 Å². The minimum absolute atomic E-state index is 0.168. The topological polar surface area (TPSA) is 105 Å². The molecule has 7 nitrogen and oxygen atoms in total. The minimum Gasteiger partial charge on any atom is -0.366 e. The van der Waals surface area contributed by atoms with Crippen LogP contribution in [0.15, 0.2) is 41.8 Å². The van der Waals surface area contributed by atoms with Crippen LogP contribution in [0, 0.1) is 5.92 Å². The maximum atomic E-state index is 12.6. The van der Waals surface area contributed by atoms with E-state index in [2.05, 4.69) is 10.6 Å². The van der Waals surface area contributed by atoms with Gasteiger partial charge in [0.25, 0.3) is 5.91 Å². The maximum Gasteiger partial charge on any atom is 0.317 e. The highest BCUT2D eigenvalue weighted by molar-refractivity contribution is 7.09. The van der Waals surface area contributed by atoms with Gasteiger partial charge in [-0.15, -0.1) is 11.3 Å². The third-order valence-corrected chi connectivity index (χ3v) is 5.40. The number of carbonyl (C=O) groups excluding carboxylic acids is 3. The third kappa shape index (κ3) is 4.85. The van der Waals surface area contributed by atoms with Gasteiger partial charge in [0, 0.05) is 18.0 Å². The molecule has 1 aromatic carbocycles. The van der Waals surface area contributed by atoms with Gasteiger partial charge in [-0.05, 0) is 36.4 Å². The quantitative estimate of drug-likeness (QED) is 0.735. The molecule has 3 rings (SSSR count). The highest BCUT2D eigenvalue weighted by Gasteiger charge is 2.29. The molecule has 0 radical (unpaired) electrons. The molecule has 2 aromatic rings. The van der Waals surface area contributed by atoms with Gasteiger partial charge in [0.1, 0.15) is 0 Å². The van der Waals surface area contributed by atoms with E-state index in [0.29, 0.717) is 31.7 Å². The highest BCUT2D eigenvalue weighted by Crippen LogP contribution is 2.21. The maximum absolute atomic E-state index is 12.6. The van der Waals surface area contributed by atoms with Crippen molar-refractivity contribution in [1.29, 1.82) is 0 Å². The van der Waals surface area contributed by atoms with E-state index in [9.17, 15) is 14.4 Å². The monoisotopic (exact) mass is 386 g/mol. The number of piperidine rings is 1. The Labute approximate surface area is 161 Å². The fourth-order valence-corrected chi connectivity index (χ4v) is 3.75. The number of hydrogen-bond donors (Lipinski definition) is 3. The van der Waals surface area contributed by atoms with Gasteiger partial charge in [-0.3, -0.25) is 9.59 Å². The van der Waals surface area contributed by atoms with Crippen molar-refractivity contribution in [3.8, 4) is 0 Å². The molecular weight excluding hydrogens is 364 g/mol. The summed E-state index contributed by atoms with van der Waals surface area (Å²) in [5, 5.41) is 7.64. The summed E-state index contributed by atoms with van der Waals surface area (Å²) in [6.07, 6.45) is 1.45. The van der Waals surface area contributed by atoms with E-state index >= 15 is 0 Å². The van der Waals surface area contributed by atoms with Gasteiger partial charge in [-0.25, -0.2) is 4.79 Å². The Morgan fingerprint density at radius 3 is 2.74 bits per heavy atom. The fourth-order valence-electron chi connectivity index (χ4n) is 3.11. The van der Waals surface area contributed by atoms with Gasteiger partial charge < -0.3 is 21.3 Å². The predicted octanol–water partition coefficient (Wildman–Crippen LogP) is 2.41. The van der Waals surface area contributed by atoms with Crippen LogP contribution in [-0.2, 0) is 11.3 Å². The number of amides is 4. The van der Waals surface area contributed by atoms with Crippen LogP contribution in [0.3, 0.4) is 0 Å². The van der Waals surface area contributed by atoms with Crippen molar-refractivity contribution in [1.82, 2.24) is 10.2 Å². The largest absolute Gasteiger partial charge is 0.366 e. The van der Waals surface area contributed by atoms with E-state index in [-0.39, 0.29) is 23.4 Å². The zero-order valence-corrected chi connectivity index (χ0v) is 15.6. The fraction of sp³-hybridized carbons (Fsp3) is 0.316. The van der Waals surface area contributed by atoms with Crippen molar-refractivity contribution in [2.45, 2.75) is 19.4 Å². The molecule has 1 fully saturated rings. The molecule has 0 aliphatic carbocycles. The molecule has 1 saturated heterocycles. The van der Waals surface area contributed by atoms with E-state index < -0.39 is 5.91 Å². The van der Waals surface area contributed by atoms with Crippen LogP contribution in [0.4, 0.5) is 10.5 Å². The summed E-state index contributed by atoms with van der Waals surface area (Å²) in [5.74, 6) is -1.13. The number of thiophene rings is 1. The Kier molecular flexibility index (Phi) is 6.08. The lowest BCUT2D eigenvalue weighted by molar-refractivity contribution is -0.121. The molecule has 1 unspecified atom stereocenters. The van der Waals surface area contributed by atoms with Crippen LogP contribution in [0.2, 0.25) is 0 Å². The number of hydrogen-bond acceptors (Lipinski definition) is 4. The first-order valence-corrected chi connectivity index (χ1v) is 9.67. The summed E-state index contributed by atoms with van der Waals surface area (Å²) in [5.41, 5.74) is 6.02. The first-order chi connectivity index (χ1) is 13.0. The van der Waals surface area contributed by atoms with E-state index in [1.165, 1.54) is 0 Å². The molecule has 2 heterocycles. The molecule has 142 valence electrons. The summed E-state index contributed by atoms with van der Waals surface area (Å²) in [7, 11) is 0. The van der Waals surface area contributed by atoms with Crippen molar-refractivity contribution >= 4 is 34.9 Å². The van der Waals surface area contributed by atoms with Crippen LogP contribution < -0.4 is 16.4 Å². The molecule has 0 spiro atoms. The van der Waals surface area contributed by atoms with Gasteiger partial charge in [0.05, 0.1) is 23.7 Å². The molecule has 1 aliphatic rings. The number of primary amides is 1. The zero-order valence-electron chi connectivity index (χ0n) is 14.8. The molecule has 4 amide bonds. The molecule has 1 aliphatic heterocycles. The number of para-hydroxylation sites is 1. The van der Waals surface area contributed by atoms with Crippen molar-refractivity contribution in [3.63, 3.8) is 0 Å². The summed E-state index contributed by atoms with van der Waals surface area (Å²) < 4.78 is 0. The normalized spacial score (nSPS) is 16.6. The van der Waals surface area contributed by atoms with E-state index in [1.807, 2.05) is 17.5 Å². The van der Waals surface area contributed by atoms with E-state index in [4.69, 9.17) is 5.73 Å². The standard InChI is InChI=1S/C19H22N4O3S/c20-17(24)15-7-1-2-8-16(15)22-18(25)13-5-3-9-23(12-13)19(26)21-11-14-6-4-10-27-14/h1-2,4,6-8,10,13H,3,5,9,11-12H2,(H2,20,24)(H,21,26)(H,22,25). The molecule has 27 heavy (non-hydrogen) atoms. The number of nitrogens with one attached hydrogen (secondary N) is 2. The second-order valence-corrected chi connectivity index (χ2v) is 7.45. The second-order valence-electron chi connectivity index (χ2n) is 6.42. The summed E-state index contributed by atoms with van der Waals surface area (Å²) >= 11 is 1.59. The summed E-state index contributed by atoms with van der Waals surface area (Å²) in [4.78, 5) is 39.3. The van der Waals surface area contributed by atoms with Crippen LogP contribution in [0.1, 0.15) is 28.1 Å². The lowest BCUT2D eigenvalue weighted by Gasteiger charge is -2.32. The number of anilines is 1. The number of carbonyl (C=O) groups is 3. The van der Waals surface area contributed by atoms with E-state index in [1.54, 1.807) is 40.5 Å². The summed E-state index contributed by atoms with van der Waals surface area (Å²) in [6.45, 7) is 1.45. The Hall–Kier alpha value is -2.87. The first kappa shape index (κ1) is 18.9. The molecule has 4 N–H and O–H groups in total. The average molecular weight is 386 g/mol. The number of likely N-dealkylation sites (tertiary alicyclic amines) is 1. The molecular formula is C19H22N4O3S. The van der Waals surface area contributed by atoms with Crippen LogP contribution in [-0.4, -0.2) is 35.8 Å². The lowest BCUT2D eigenvalue weighted by atomic mass is 9.97. The first-order valence-electron chi connectivity index (χ1n) is 8.79. The Morgan fingerprint density at radius 2 is 2.00 bits per heavy atom. The number of nitrogens with zero attached hydrogens (tertiary/aromatic N) is 1. The Morgan fingerprint density at radius 1 is 1.19 bits per heavy atom. The zero-order chi connectivity index (χ0) is 19.2. The molecule has 0 bridgehead atoms. The van der Waals surface area contributed by atoms with Gasteiger partial charge >= 0.3 is 6.03 Å². The van der Waals surface area contributed by atoms with Crippen molar-refractivity contribution < 1.29 is 14.4 Å². The predicted molar refractivity (Wildman–Crippen MR) is 104 cm³/mol. The SMILES string of the molecule is NC(=O)c1ccccc1NC(=O)C1CCCN(C(=O)NCc2cccs2)C1. The van der Waals surface area contributed by atoms with Gasteiger partial charge in [0.15, 0.2) is 0 Å². The van der Waals surface area contributed by atoms with Crippen LogP contribution >= 0.6 is 11.3 Å². The molecule has 8 heteroatoms. The lowest BCUT2D eigenvalue weighted by Crippen LogP contribution is -2.47. The Bertz CT molecular complexity index is 822. The van der Waals surface area contributed by atoms with Crippen LogP contribution in [0.25, 0.3) is 0 Å². The average Bonchev–Trinajstić information content (AvgIpc) is 3.20. The second kappa shape index (κ2) is 8.68. The Balaban J connectivity index is 1.58. The minimum atomic E-state index is -0.593. The van der Waals surface area contributed by atoms with E-state index in [0.717, 1.165) is 11.3 Å². The van der Waals surface area contributed by atoms with Gasteiger partial charge in [0.2, 0.25) is 5.91 Å². The number of urea groups is 1. The number of nitrogens with two attached hydrogens (primary N) is 1. The smallest absolute Gasteiger partial charge is 0.317 e. The third-order valence-electron chi connectivity index (χ3n) is 4.52. The highest BCUT2D eigenvalue weighted by atomic mass is 32.1. The summed E-state index contributed by atoms with van der Waals surface area (Å²) in [6, 6.07) is 10.4. The molecule has 0 saturated carbocycles. The number of rotatable bonds is 5. The van der Waals surface area contributed by atoms with Gasteiger partial charge in [-0.2, -0.15) is 0 Å². The van der Waals surface area contributed by atoms with Crippen molar-refractivity contribution in [2.24, 2.45) is 11.7 Å². The molecule has 1 atom stereocenters.